The van der Waals surface area contributed by atoms with Gasteiger partial charge in [-0.3, -0.25) is 9.59 Å². The Morgan fingerprint density at radius 2 is 1.93 bits per heavy atom. The first-order valence-electron chi connectivity index (χ1n) is 8.89. The summed E-state index contributed by atoms with van der Waals surface area (Å²) in [5.41, 5.74) is 2.21. The summed E-state index contributed by atoms with van der Waals surface area (Å²) in [6.45, 7) is 1.99. The van der Waals surface area contributed by atoms with Gasteiger partial charge in [0.05, 0.1) is 6.42 Å². The number of thioether (sulfide) groups is 1. The molecule has 0 spiro atoms. The van der Waals surface area contributed by atoms with Crippen molar-refractivity contribution in [2.45, 2.75) is 30.8 Å². The molecule has 0 aliphatic heterocycles. The Morgan fingerprint density at radius 1 is 1.21 bits per heavy atom. The standard InChI is InChI=1S/C21H19ClFN3O2S/c1-13-17(10-19(27)24-11-15-4-2-3-5-18(15)22)20(28)26-21(25-13)29-12-14-6-8-16(23)9-7-14/h2-9H,10-12H2,1H3,(H,24,27)(H,25,26,28). The molecular formula is C21H19ClFN3O2S. The smallest absolute Gasteiger partial charge is 0.255 e. The lowest BCUT2D eigenvalue weighted by Gasteiger charge is -2.09. The number of aromatic nitrogens is 2. The van der Waals surface area contributed by atoms with E-state index in [9.17, 15) is 14.0 Å². The van der Waals surface area contributed by atoms with Crippen LogP contribution in [0.15, 0.2) is 58.5 Å². The first-order chi connectivity index (χ1) is 13.9. The van der Waals surface area contributed by atoms with E-state index >= 15 is 0 Å². The molecule has 0 bridgehead atoms. The summed E-state index contributed by atoms with van der Waals surface area (Å²) < 4.78 is 13.0. The van der Waals surface area contributed by atoms with Crippen molar-refractivity contribution >= 4 is 29.3 Å². The maximum absolute atomic E-state index is 13.0. The van der Waals surface area contributed by atoms with Crippen molar-refractivity contribution in [3.63, 3.8) is 0 Å². The molecule has 29 heavy (non-hydrogen) atoms. The molecule has 3 aromatic rings. The van der Waals surface area contributed by atoms with Gasteiger partial charge in [-0.2, -0.15) is 0 Å². The quantitative estimate of drug-likeness (QED) is 0.437. The van der Waals surface area contributed by atoms with Crippen LogP contribution in [0.2, 0.25) is 5.02 Å². The number of halogens is 2. The molecule has 2 N–H and O–H groups in total. The van der Waals surface area contributed by atoms with Crippen molar-refractivity contribution in [2.24, 2.45) is 0 Å². The molecule has 0 unspecified atom stereocenters. The highest BCUT2D eigenvalue weighted by molar-refractivity contribution is 7.98. The van der Waals surface area contributed by atoms with Crippen LogP contribution in [-0.4, -0.2) is 15.9 Å². The summed E-state index contributed by atoms with van der Waals surface area (Å²) in [4.78, 5) is 31.8. The van der Waals surface area contributed by atoms with E-state index in [1.54, 1.807) is 25.1 Å². The number of H-pyrrole nitrogens is 1. The maximum Gasteiger partial charge on any atom is 0.255 e. The summed E-state index contributed by atoms with van der Waals surface area (Å²) in [5, 5.41) is 3.80. The molecule has 8 heteroatoms. The summed E-state index contributed by atoms with van der Waals surface area (Å²) in [5.74, 6) is -0.0364. The van der Waals surface area contributed by atoms with Crippen LogP contribution >= 0.6 is 23.4 Å². The number of benzene rings is 2. The van der Waals surface area contributed by atoms with Gasteiger partial charge >= 0.3 is 0 Å². The molecule has 0 aliphatic carbocycles. The van der Waals surface area contributed by atoms with Gasteiger partial charge in [-0.15, -0.1) is 0 Å². The lowest BCUT2D eigenvalue weighted by molar-refractivity contribution is -0.120. The van der Waals surface area contributed by atoms with E-state index in [0.717, 1.165) is 11.1 Å². The van der Waals surface area contributed by atoms with E-state index in [0.29, 0.717) is 27.2 Å². The van der Waals surface area contributed by atoms with Gasteiger partial charge in [0.25, 0.3) is 5.56 Å². The SMILES string of the molecule is Cc1nc(SCc2ccc(F)cc2)[nH]c(=O)c1CC(=O)NCc1ccccc1Cl. The number of carbonyl (C=O) groups is 1. The lowest BCUT2D eigenvalue weighted by atomic mass is 10.1. The summed E-state index contributed by atoms with van der Waals surface area (Å²) >= 11 is 7.42. The van der Waals surface area contributed by atoms with E-state index in [1.165, 1.54) is 23.9 Å². The number of carbonyl (C=O) groups excluding carboxylic acids is 1. The third-order valence-corrected chi connectivity index (χ3v) is 5.57. The van der Waals surface area contributed by atoms with Gasteiger partial charge < -0.3 is 10.3 Å². The number of nitrogens with zero attached hydrogens (tertiary/aromatic N) is 1. The Bertz CT molecular complexity index is 1070. The van der Waals surface area contributed by atoms with Crippen LogP contribution in [0, 0.1) is 12.7 Å². The molecule has 5 nitrogen and oxygen atoms in total. The molecule has 0 aliphatic rings. The number of aromatic amines is 1. The largest absolute Gasteiger partial charge is 0.352 e. The molecule has 0 atom stereocenters. The molecule has 0 fully saturated rings. The molecule has 0 saturated heterocycles. The van der Waals surface area contributed by atoms with Crippen LogP contribution in [0.5, 0.6) is 0 Å². The average Bonchev–Trinajstić information content (AvgIpc) is 2.70. The van der Waals surface area contributed by atoms with E-state index in [2.05, 4.69) is 15.3 Å². The van der Waals surface area contributed by atoms with Gasteiger partial charge in [-0.25, -0.2) is 9.37 Å². The Morgan fingerprint density at radius 3 is 2.62 bits per heavy atom. The zero-order chi connectivity index (χ0) is 20.8. The Balaban J connectivity index is 1.61. The normalized spacial score (nSPS) is 10.7. The van der Waals surface area contributed by atoms with Crippen LogP contribution in [0.1, 0.15) is 22.4 Å². The summed E-state index contributed by atoms with van der Waals surface area (Å²) in [6.07, 6.45) is -0.0679. The van der Waals surface area contributed by atoms with Crippen molar-refractivity contribution in [1.82, 2.24) is 15.3 Å². The molecular weight excluding hydrogens is 413 g/mol. The van der Waals surface area contributed by atoms with E-state index in [4.69, 9.17) is 11.6 Å². The molecule has 3 rings (SSSR count). The fourth-order valence-corrected chi connectivity index (χ4v) is 3.72. The highest BCUT2D eigenvalue weighted by Gasteiger charge is 2.13. The molecule has 2 aromatic carbocycles. The van der Waals surface area contributed by atoms with E-state index < -0.39 is 0 Å². The second-order valence-electron chi connectivity index (χ2n) is 6.40. The van der Waals surface area contributed by atoms with Crippen LogP contribution in [0.25, 0.3) is 0 Å². The maximum atomic E-state index is 13.0. The van der Waals surface area contributed by atoms with Crippen molar-refractivity contribution in [3.8, 4) is 0 Å². The van der Waals surface area contributed by atoms with Gasteiger partial charge in [0.15, 0.2) is 5.16 Å². The Hall–Kier alpha value is -2.64. The van der Waals surface area contributed by atoms with Gasteiger partial charge in [-0.05, 0) is 36.2 Å². The average molecular weight is 432 g/mol. The van der Waals surface area contributed by atoms with Crippen molar-refractivity contribution in [3.05, 3.63) is 92.1 Å². The van der Waals surface area contributed by atoms with E-state index in [1.807, 2.05) is 18.2 Å². The number of nitrogens with one attached hydrogen (secondary N) is 2. The molecule has 1 aromatic heterocycles. The van der Waals surface area contributed by atoms with E-state index in [-0.39, 0.29) is 30.2 Å². The molecule has 0 saturated carbocycles. The lowest BCUT2D eigenvalue weighted by Crippen LogP contribution is -2.29. The number of hydrogen-bond donors (Lipinski definition) is 2. The number of rotatable bonds is 7. The first kappa shape index (κ1) is 21.1. The summed E-state index contributed by atoms with van der Waals surface area (Å²) in [6, 6.07) is 13.4. The number of hydrogen-bond acceptors (Lipinski definition) is 4. The number of amides is 1. The minimum absolute atomic E-state index is 0.0679. The minimum Gasteiger partial charge on any atom is -0.352 e. The number of aryl methyl sites for hydroxylation is 1. The van der Waals surface area contributed by atoms with Crippen molar-refractivity contribution < 1.29 is 9.18 Å². The fourth-order valence-electron chi connectivity index (χ4n) is 2.65. The first-order valence-corrected chi connectivity index (χ1v) is 10.3. The highest BCUT2D eigenvalue weighted by atomic mass is 35.5. The predicted molar refractivity (Wildman–Crippen MR) is 113 cm³/mol. The van der Waals surface area contributed by atoms with Crippen LogP contribution in [-0.2, 0) is 23.5 Å². The fraction of sp³-hybridized carbons (Fsp3) is 0.190. The monoisotopic (exact) mass is 431 g/mol. The van der Waals surface area contributed by atoms with Gasteiger partial charge in [0.1, 0.15) is 5.82 Å². The second-order valence-corrected chi connectivity index (χ2v) is 7.77. The highest BCUT2D eigenvalue weighted by Crippen LogP contribution is 2.19. The van der Waals surface area contributed by atoms with Crippen molar-refractivity contribution in [2.75, 3.05) is 0 Å². The minimum atomic E-state index is -0.341. The second kappa shape index (κ2) is 9.71. The van der Waals surface area contributed by atoms with Gasteiger partial charge in [0.2, 0.25) is 5.91 Å². The zero-order valence-electron chi connectivity index (χ0n) is 15.7. The molecule has 150 valence electrons. The summed E-state index contributed by atoms with van der Waals surface area (Å²) in [7, 11) is 0. The molecule has 1 amide bonds. The third-order valence-electron chi connectivity index (χ3n) is 4.26. The topological polar surface area (TPSA) is 74.8 Å². The van der Waals surface area contributed by atoms with Crippen LogP contribution in [0.3, 0.4) is 0 Å². The molecule has 1 heterocycles. The zero-order valence-corrected chi connectivity index (χ0v) is 17.2. The van der Waals surface area contributed by atoms with Crippen LogP contribution < -0.4 is 10.9 Å². The van der Waals surface area contributed by atoms with Crippen LogP contribution in [0.4, 0.5) is 4.39 Å². The van der Waals surface area contributed by atoms with Crippen molar-refractivity contribution in [1.29, 1.82) is 0 Å². The Kier molecular flexibility index (Phi) is 7.06. The van der Waals surface area contributed by atoms with Gasteiger partial charge in [0, 0.05) is 28.6 Å². The Labute approximate surface area is 176 Å². The molecule has 0 radical (unpaired) electrons. The predicted octanol–water partition coefficient (Wildman–Crippen LogP) is 4.02. The van der Waals surface area contributed by atoms with Gasteiger partial charge in [-0.1, -0.05) is 53.7 Å². The third kappa shape index (κ3) is 5.92.